The number of anilines is 1. The third-order valence-corrected chi connectivity index (χ3v) is 9.25. The minimum absolute atomic E-state index is 0.0978. The zero-order chi connectivity index (χ0) is 29.7. The maximum absolute atomic E-state index is 5.50. The zero-order valence-corrected chi connectivity index (χ0v) is 26.7. The van der Waals surface area contributed by atoms with Gasteiger partial charge in [-0.15, -0.1) is 0 Å². The highest BCUT2D eigenvalue weighted by molar-refractivity contribution is 5.87. The van der Waals surface area contributed by atoms with Gasteiger partial charge in [0.25, 0.3) is 0 Å². The van der Waals surface area contributed by atoms with Gasteiger partial charge in [-0.3, -0.25) is 4.57 Å². The van der Waals surface area contributed by atoms with Crippen molar-refractivity contribution in [2.24, 2.45) is 7.05 Å². The number of hydrogen-bond donors (Lipinski definition) is 1. The van der Waals surface area contributed by atoms with Crippen molar-refractivity contribution in [3.05, 3.63) is 111 Å². The molecule has 6 rings (SSSR count). The van der Waals surface area contributed by atoms with E-state index in [1.54, 1.807) is 0 Å². The van der Waals surface area contributed by atoms with Crippen LogP contribution in [0.2, 0.25) is 0 Å². The number of nitrogens with one attached hydrogen (secondary N) is 1. The molecule has 2 aromatic heterocycles. The second kappa shape index (κ2) is 11.1. The topological polar surface area (TPSA) is 34.8 Å². The van der Waals surface area contributed by atoms with Crippen LogP contribution in [0.5, 0.6) is 0 Å². The number of hydrogen-bond acceptors (Lipinski definition) is 2. The summed E-state index contributed by atoms with van der Waals surface area (Å²) < 4.78 is 4.70. The molecule has 0 saturated heterocycles. The molecule has 1 aliphatic rings. The molecule has 2 heterocycles. The smallest absolute Gasteiger partial charge is 0.156 e. The molecule has 218 valence electrons. The molecule has 5 aromatic rings. The maximum Gasteiger partial charge on any atom is 0.156 e. The molecule has 1 aliphatic carbocycles. The molecule has 1 atom stereocenters. The Morgan fingerprint density at radius 2 is 1.45 bits per heavy atom. The molecule has 0 radical (unpaired) electrons. The van der Waals surface area contributed by atoms with E-state index in [0.29, 0.717) is 11.8 Å². The van der Waals surface area contributed by atoms with Gasteiger partial charge in [0.15, 0.2) is 5.82 Å². The Balaban J connectivity index is 1.57. The Morgan fingerprint density at radius 1 is 0.810 bits per heavy atom. The lowest BCUT2D eigenvalue weighted by Crippen LogP contribution is -2.21. The van der Waals surface area contributed by atoms with E-state index in [-0.39, 0.29) is 6.04 Å². The van der Waals surface area contributed by atoms with Gasteiger partial charge >= 0.3 is 0 Å². The Labute approximate surface area is 251 Å². The largest absolute Gasteiger partial charge is 0.371 e. The van der Waals surface area contributed by atoms with Gasteiger partial charge in [-0.2, -0.15) is 0 Å². The molecule has 4 heteroatoms. The first-order chi connectivity index (χ1) is 20.2. The fourth-order valence-corrected chi connectivity index (χ4v) is 7.37. The third kappa shape index (κ3) is 4.85. The molecule has 0 bridgehead atoms. The number of fused-ring (bicyclic) bond motifs is 3. The van der Waals surface area contributed by atoms with Crippen molar-refractivity contribution in [1.82, 2.24) is 14.1 Å². The number of rotatable bonds is 7. The third-order valence-electron chi connectivity index (χ3n) is 9.25. The van der Waals surface area contributed by atoms with Gasteiger partial charge in [-0.05, 0) is 97.7 Å². The maximum atomic E-state index is 5.50. The van der Waals surface area contributed by atoms with Gasteiger partial charge in [0.05, 0.1) is 5.52 Å². The summed E-state index contributed by atoms with van der Waals surface area (Å²) in [4.78, 5) is 5.50. The lowest BCUT2D eigenvalue weighted by Gasteiger charge is -2.28. The molecule has 0 saturated carbocycles. The van der Waals surface area contributed by atoms with Crippen LogP contribution in [0, 0.1) is 20.8 Å². The standard InChI is InChI=1S/C38H46N4/c1-23(2)28-16-13-17-29(24(3)4)36(28)40-37(35-26(6)20-25(5)21-27(35)7)38-39-34(22-41(38)8)42-32-18-11-9-14-30(32)31-15-10-12-19-33(31)42/h9,11,13-14,16-18,20-24,37,40H,10,12,15,19H2,1-8H3. The highest BCUT2D eigenvalue weighted by Crippen LogP contribution is 2.40. The molecule has 42 heavy (non-hydrogen) atoms. The van der Waals surface area contributed by atoms with Crippen LogP contribution in [0.3, 0.4) is 0 Å². The van der Waals surface area contributed by atoms with Gasteiger partial charge in [0.2, 0.25) is 0 Å². The Bertz CT molecular complexity index is 1710. The minimum Gasteiger partial charge on any atom is -0.371 e. The highest BCUT2D eigenvalue weighted by Gasteiger charge is 2.28. The van der Waals surface area contributed by atoms with Gasteiger partial charge in [-0.1, -0.05) is 81.8 Å². The summed E-state index contributed by atoms with van der Waals surface area (Å²) in [7, 11) is 2.16. The summed E-state index contributed by atoms with van der Waals surface area (Å²) in [5.41, 5.74) is 13.4. The number of benzene rings is 3. The Hall–Kier alpha value is -3.79. The van der Waals surface area contributed by atoms with Crippen molar-refractivity contribution < 1.29 is 0 Å². The number of aromatic nitrogens is 3. The normalized spacial score (nSPS) is 14.1. The van der Waals surface area contributed by atoms with Crippen molar-refractivity contribution in [1.29, 1.82) is 0 Å². The van der Waals surface area contributed by atoms with Crippen molar-refractivity contribution >= 4 is 16.6 Å². The number of imidazole rings is 1. The molecule has 0 amide bonds. The predicted octanol–water partition coefficient (Wildman–Crippen LogP) is 9.62. The van der Waals surface area contributed by atoms with Crippen molar-refractivity contribution in [3.63, 3.8) is 0 Å². The van der Waals surface area contributed by atoms with E-state index in [1.165, 1.54) is 74.1 Å². The fourth-order valence-electron chi connectivity index (χ4n) is 7.37. The molecule has 1 N–H and O–H groups in total. The van der Waals surface area contributed by atoms with Crippen LogP contribution in [0.25, 0.3) is 16.7 Å². The fraction of sp³-hybridized carbons (Fsp3) is 0.395. The summed E-state index contributed by atoms with van der Waals surface area (Å²) in [5, 5.41) is 5.50. The first kappa shape index (κ1) is 28.3. The van der Waals surface area contributed by atoms with Crippen molar-refractivity contribution in [2.45, 2.75) is 92.0 Å². The summed E-state index contributed by atoms with van der Waals surface area (Å²) in [6, 6.07) is 20.2. The quantitative estimate of drug-likeness (QED) is 0.216. The van der Waals surface area contributed by atoms with Crippen LogP contribution in [-0.2, 0) is 19.9 Å². The van der Waals surface area contributed by atoms with Crippen LogP contribution in [-0.4, -0.2) is 14.1 Å². The van der Waals surface area contributed by atoms with Gasteiger partial charge in [-0.25, -0.2) is 4.98 Å². The van der Waals surface area contributed by atoms with E-state index in [4.69, 9.17) is 4.98 Å². The lowest BCUT2D eigenvalue weighted by atomic mass is 9.89. The monoisotopic (exact) mass is 558 g/mol. The first-order valence-electron chi connectivity index (χ1n) is 15.8. The number of nitrogens with zero attached hydrogens (tertiary/aromatic N) is 3. The highest BCUT2D eigenvalue weighted by atomic mass is 15.2. The van der Waals surface area contributed by atoms with Crippen LogP contribution in [0.4, 0.5) is 5.69 Å². The van der Waals surface area contributed by atoms with Gasteiger partial charge < -0.3 is 9.88 Å². The number of aryl methyl sites for hydroxylation is 5. The van der Waals surface area contributed by atoms with E-state index in [0.717, 1.165) is 24.5 Å². The Morgan fingerprint density at radius 3 is 2.12 bits per heavy atom. The van der Waals surface area contributed by atoms with Crippen LogP contribution < -0.4 is 5.32 Å². The Kier molecular flexibility index (Phi) is 7.51. The van der Waals surface area contributed by atoms with Crippen LogP contribution in [0.15, 0.2) is 60.8 Å². The molecule has 4 nitrogen and oxygen atoms in total. The molecule has 3 aromatic carbocycles. The van der Waals surface area contributed by atoms with Crippen molar-refractivity contribution in [2.75, 3.05) is 5.32 Å². The van der Waals surface area contributed by atoms with Crippen LogP contribution in [0.1, 0.15) is 109 Å². The number of para-hydroxylation sites is 2. The zero-order valence-electron chi connectivity index (χ0n) is 26.7. The van der Waals surface area contributed by atoms with E-state index in [1.807, 2.05) is 0 Å². The minimum atomic E-state index is -0.0978. The average Bonchev–Trinajstić information content (AvgIpc) is 3.49. The molecule has 0 spiro atoms. The van der Waals surface area contributed by atoms with E-state index < -0.39 is 0 Å². The SMILES string of the molecule is Cc1cc(C)c(C(Nc2c(C(C)C)cccc2C(C)C)c2nc(-n3c4c(c5ccccc53)CCCC4)cn2C)c(C)c1. The van der Waals surface area contributed by atoms with E-state index in [9.17, 15) is 0 Å². The molecular formula is C38H46N4. The van der Waals surface area contributed by atoms with Gasteiger partial charge in [0, 0.05) is 30.0 Å². The van der Waals surface area contributed by atoms with E-state index in [2.05, 4.69) is 131 Å². The summed E-state index contributed by atoms with van der Waals surface area (Å²) in [6.45, 7) is 15.9. The average molecular weight is 559 g/mol. The summed E-state index contributed by atoms with van der Waals surface area (Å²) in [5.74, 6) is 2.86. The summed E-state index contributed by atoms with van der Waals surface area (Å²) >= 11 is 0. The second-order valence-electron chi connectivity index (χ2n) is 13.1. The van der Waals surface area contributed by atoms with Crippen molar-refractivity contribution in [3.8, 4) is 5.82 Å². The molecular weight excluding hydrogens is 512 g/mol. The lowest BCUT2D eigenvalue weighted by molar-refractivity contribution is 0.664. The van der Waals surface area contributed by atoms with Crippen LogP contribution >= 0.6 is 0 Å². The van der Waals surface area contributed by atoms with Gasteiger partial charge in [0.1, 0.15) is 11.9 Å². The van der Waals surface area contributed by atoms with E-state index >= 15 is 0 Å². The first-order valence-corrected chi connectivity index (χ1v) is 15.8. The predicted molar refractivity (Wildman–Crippen MR) is 177 cm³/mol. The second-order valence-corrected chi connectivity index (χ2v) is 13.1. The molecule has 0 aliphatic heterocycles. The summed E-state index contributed by atoms with van der Waals surface area (Å²) in [6.07, 6.45) is 6.99. The molecule has 0 fully saturated rings. The molecule has 1 unspecified atom stereocenters.